The molecule has 3 aromatic heterocycles. The van der Waals surface area contributed by atoms with Crippen LogP contribution in [0.2, 0.25) is 0 Å². The first-order valence-corrected chi connectivity index (χ1v) is 9.37. The molecule has 5 aromatic rings. The van der Waals surface area contributed by atoms with E-state index in [4.69, 9.17) is 0 Å². The molecule has 2 N–H and O–H groups in total. The molecule has 2 aromatic carbocycles. The minimum Gasteiger partial charge on any atom is -0.289 e. The van der Waals surface area contributed by atoms with Crippen molar-refractivity contribution in [2.24, 2.45) is 0 Å². The average molecular weight is 392 g/mol. The van der Waals surface area contributed by atoms with E-state index in [9.17, 15) is 4.79 Å². The quantitative estimate of drug-likeness (QED) is 0.474. The summed E-state index contributed by atoms with van der Waals surface area (Å²) in [5.74, 6) is 0.319. The number of pyridine rings is 2. The van der Waals surface area contributed by atoms with E-state index in [1.807, 2.05) is 66.7 Å². The Morgan fingerprint density at radius 3 is 2.57 bits per heavy atom. The Balaban J connectivity index is 1.36. The Morgan fingerprint density at radius 1 is 0.833 bits per heavy atom. The number of aromatic nitrogens is 5. The van der Waals surface area contributed by atoms with Crippen molar-refractivity contribution in [3.8, 4) is 22.6 Å². The summed E-state index contributed by atoms with van der Waals surface area (Å²) in [4.78, 5) is 25.8. The van der Waals surface area contributed by atoms with Gasteiger partial charge in [0.25, 0.3) is 5.91 Å². The monoisotopic (exact) mass is 392 g/mol. The molecule has 1 amide bonds. The average Bonchev–Trinajstić information content (AvgIpc) is 3.28. The Labute approximate surface area is 171 Å². The van der Waals surface area contributed by atoms with Gasteiger partial charge in [-0.3, -0.25) is 20.2 Å². The number of H-pyrrole nitrogens is 1. The number of aromatic amines is 1. The number of rotatable bonds is 4. The number of hydrogen-bond acceptors (Lipinski definition) is 5. The van der Waals surface area contributed by atoms with Crippen LogP contribution in [-0.4, -0.2) is 31.1 Å². The van der Waals surface area contributed by atoms with Crippen LogP contribution >= 0.6 is 0 Å². The molecule has 0 aliphatic heterocycles. The maximum atomic E-state index is 12.7. The minimum atomic E-state index is -0.336. The molecule has 30 heavy (non-hydrogen) atoms. The van der Waals surface area contributed by atoms with Gasteiger partial charge in [-0.05, 0) is 23.8 Å². The van der Waals surface area contributed by atoms with Crippen molar-refractivity contribution in [1.29, 1.82) is 0 Å². The molecular weight excluding hydrogens is 376 g/mol. The zero-order valence-corrected chi connectivity index (χ0v) is 15.8. The van der Waals surface area contributed by atoms with E-state index in [0.717, 1.165) is 22.0 Å². The molecule has 7 nitrogen and oxygen atoms in total. The lowest BCUT2D eigenvalue weighted by atomic mass is 10.1. The number of amides is 1. The van der Waals surface area contributed by atoms with Gasteiger partial charge in [-0.15, -0.1) is 5.10 Å². The van der Waals surface area contributed by atoms with E-state index in [1.165, 1.54) is 6.20 Å². The number of carbonyl (C=O) groups is 1. The van der Waals surface area contributed by atoms with E-state index in [2.05, 4.69) is 30.5 Å². The molecule has 0 aliphatic carbocycles. The van der Waals surface area contributed by atoms with Gasteiger partial charge in [-0.2, -0.15) is 4.98 Å². The Kier molecular flexibility index (Phi) is 4.46. The van der Waals surface area contributed by atoms with Crippen molar-refractivity contribution in [1.82, 2.24) is 25.1 Å². The van der Waals surface area contributed by atoms with E-state index in [0.29, 0.717) is 17.1 Å². The van der Waals surface area contributed by atoms with Crippen LogP contribution in [0.5, 0.6) is 0 Å². The van der Waals surface area contributed by atoms with E-state index in [1.54, 1.807) is 12.3 Å². The maximum Gasteiger partial charge on any atom is 0.259 e. The summed E-state index contributed by atoms with van der Waals surface area (Å²) in [6, 6.07) is 23.2. The maximum absolute atomic E-state index is 12.7. The first-order valence-electron chi connectivity index (χ1n) is 9.37. The van der Waals surface area contributed by atoms with Crippen molar-refractivity contribution in [3.63, 3.8) is 0 Å². The summed E-state index contributed by atoms with van der Waals surface area (Å²) < 4.78 is 0. The number of nitrogens with zero attached hydrogens (tertiary/aromatic N) is 4. The first kappa shape index (κ1) is 17.7. The van der Waals surface area contributed by atoms with Crippen LogP contribution in [0.15, 0.2) is 85.2 Å². The lowest BCUT2D eigenvalue weighted by molar-refractivity contribution is 0.102. The normalized spacial score (nSPS) is 10.8. The van der Waals surface area contributed by atoms with Gasteiger partial charge in [-0.25, -0.2) is 4.98 Å². The highest BCUT2D eigenvalue weighted by Gasteiger charge is 2.13. The Morgan fingerprint density at radius 2 is 1.67 bits per heavy atom. The van der Waals surface area contributed by atoms with Gasteiger partial charge in [0.15, 0.2) is 5.82 Å². The third kappa shape index (κ3) is 3.51. The number of benzene rings is 2. The first-order chi connectivity index (χ1) is 14.8. The fraction of sp³-hybridized carbons (Fsp3) is 0. The van der Waals surface area contributed by atoms with Gasteiger partial charge in [0.2, 0.25) is 5.95 Å². The van der Waals surface area contributed by atoms with Crippen LogP contribution in [0.4, 0.5) is 5.95 Å². The Bertz CT molecular complexity index is 1350. The van der Waals surface area contributed by atoms with Crippen molar-refractivity contribution < 1.29 is 4.79 Å². The fourth-order valence-electron chi connectivity index (χ4n) is 3.16. The molecule has 0 fully saturated rings. The summed E-state index contributed by atoms with van der Waals surface area (Å²) >= 11 is 0. The largest absolute Gasteiger partial charge is 0.289 e. The lowest BCUT2D eigenvalue weighted by Gasteiger charge is -2.04. The van der Waals surface area contributed by atoms with Crippen LogP contribution in [-0.2, 0) is 0 Å². The highest BCUT2D eigenvalue weighted by atomic mass is 16.1. The molecule has 0 spiro atoms. The van der Waals surface area contributed by atoms with Gasteiger partial charge in [0.1, 0.15) is 5.69 Å². The van der Waals surface area contributed by atoms with Crippen LogP contribution < -0.4 is 5.32 Å². The number of para-hydroxylation sites is 1. The molecule has 3 heterocycles. The molecule has 0 bridgehead atoms. The summed E-state index contributed by atoms with van der Waals surface area (Å²) in [6.07, 6.45) is 3.24. The smallest absolute Gasteiger partial charge is 0.259 e. The van der Waals surface area contributed by atoms with Gasteiger partial charge in [0.05, 0.1) is 11.1 Å². The zero-order chi connectivity index (χ0) is 20.3. The zero-order valence-electron chi connectivity index (χ0n) is 15.8. The standard InChI is InChI=1S/C23H16N6O/c30-22(18-12-17(13-24-14-18)15-6-2-1-3-7-15)27-23-26-21(28-29-23)20-11-10-16-8-4-5-9-19(16)25-20/h1-14H,(H2,26,27,28,29,30). The van der Waals surface area contributed by atoms with Gasteiger partial charge >= 0.3 is 0 Å². The molecule has 0 atom stereocenters. The second kappa shape index (κ2) is 7.56. The Hall–Kier alpha value is -4.39. The molecule has 7 heteroatoms. The number of nitrogens with one attached hydrogen (secondary N) is 2. The van der Waals surface area contributed by atoms with Gasteiger partial charge in [0, 0.05) is 23.3 Å². The molecular formula is C23H16N6O. The number of anilines is 1. The highest BCUT2D eigenvalue weighted by molar-refractivity contribution is 6.03. The second-order valence-corrected chi connectivity index (χ2v) is 6.68. The van der Waals surface area contributed by atoms with E-state index < -0.39 is 0 Å². The summed E-state index contributed by atoms with van der Waals surface area (Å²) in [5.41, 5.74) is 3.78. The highest BCUT2D eigenvalue weighted by Crippen LogP contribution is 2.20. The fourth-order valence-corrected chi connectivity index (χ4v) is 3.16. The number of carbonyl (C=O) groups excluding carboxylic acids is 1. The molecule has 144 valence electrons. The van der Waals surface area contributed by atoms with Gasteiger partial charge < -0.3 is 0 Å². The van der Waals surface area contributed by atoms with Crippen molar-refractivity contribution in [2.45, 2.75) is 0 Å². The topological polar surface area (TPSA) is 96.5 Å². The third-order valence-electron chi connectivity index (χ3n) is 4.66. The molecule has 0 aliphatic rings. The summed E-state index contributed by atoms with van der Waals surface area (Å²) in [5, 5.41) is 10.7. The van der Waals surface area contributed by atoms with Crippen molar-refractivity contribution >= 4 is 22.8 Å². The lowest BCUT2D eigenvalue weighted by Crippen LogP contribution is -2.13. The van der Waals surface area contributed by atoms with Crippen LogP contribution in [0.1, 0.15) is 10.4 Å². The van der Waals surface area contributed by atoms with Crippen LogP contribution in [0.3, 0.4) is 0 Å². The molecule has 0 saturated carbocycles. The predicted molar refractivity (Wildman–Crippen MR) is 115 cm³/mol. The van der Waals surface area contributed by atoms with Gasteiger partial charge in [-0.1, -0.05) is 54.6 Å². The predicted octanol–water partition coefficient (Wildman–Crippen LogP) is 4.33. The van der Waals surface area contributed by atoms with Crippen LogP contribution in [0.25, 0.3) is 33.5 Å². The SMILES string of the molecule is O=C(Nc1n[nH]c(-c2ccc3ccccc3n2)n1)c1cncc(-c2ccccc2)c1. The number of fused-ring (bicyclic) bond motifs is 1. The van der Waals surface area contributed by atoms with E-state index >= 15 is 0 Å². The molecule has 5 rings (SSSR count). The van der Waals surface area contributed by atoms with Crippen molar-refractivity contribution in [3.05, 3.63) is 90.8 Å². The second-order valence-electron chi connectivity index (χ2n) is 6.68. The summed E-state index contributed by atoms with van der Waals surface area (Å²) in [7, 11) is 0. The molecule has 0 radical (unpaired) electrons. The molecule has 0 saturated heterocycles. The number of hydrogen-bond donors (Lipinski definition) is 2. The van der Waals surface area contributed by atoms with Crippen molar-refractivity contribution in [2.75, 3.05) is 5.32 Å². The molecule has 0 unspecified atom stereocenters. The van der Waals surface area contributed by atoms with Crippen LogP contribution in [0, 0.1) is 0 Å². The third-order valence-corrected chi connectivity index (χ3v) is 4.66. The summed E-state index contributed by atoms with van der Waals surface area (Å²) in [6.45, 7) is 0. The van der Waals surface area contributed by atoms with E-state index in [-0.39, 0.29) is 11.9 Å². The minimum absolute atomic E-state index is 0.176.